The minimum Gasteiger partial charge on any atom is -0.308 e. The molecule has 1 aliphatic carbocycles. The molecule has 0 aromatic heterocycles. The lowest BCUT2D eigenvalue weighted by Crippen LogP contribution is -2.67. The molecule has 4 unspecified atom stereocenters. The maximum Gasteiger partial charge on any atom is 0.0304 e. The summed E-state index contributed by atoms with van der Waals surface area (Å²) < 4.78 is 0. The van der Waals surface area contributed by atoms with E-state index in [2.05, 4.69) is 51.8 Å². The molecule has 1 heterocycles. The molecular formula is C19H38N2. The van der Waals surface area contributed by atoms with Crippen molar-refractivity contribution in [2.75, 3.05) is 13.1 Å². The van der Waals surface area contributed by atoms with Gasteiger partial charge in [0.1, 0.15) is 0 Å². The Morgan fingerprint density at radius 1 is 1.10 bits per heavy atom. The lowest BCUT2D eigenvalue weighted by Gasteiger charge is -2.53. The summed E-state index contributed by atoms with van der Waals surface area (Å²) in [6, 6.07) is 1.55. The second kappa shape index (κ2) is 7.00. The molecule has 0 aromatic carbocycles. The molecule has 2 rings (SSSR count). The van der Waals surface area contributed by atoms with Crippen LogP contribution in [0.2, 0.25) is 0 Å². The van der Waals surface area contributed by atoms with E-state index in [1.54, 1.807) is 0 Å². The Morgan fingerprint density at radius 2 is 1.76 bits per heavy atom. The Hall–Kier alpha value is -0.0800. The average Bonchev–Trinajstić information content (AvgIpc) is 2.49. The van der Waals surface area contributed by atoms with Crippen LogP contribution >= 0.6 is 0 Å². The van der Waals surface area contributed by atoms with Gasteiger partial charge in [-0.3, -0.25) is 4.90 Å². The van der Waals surface area contributed by atoms with Crippen LogP contribution in [0.1, 0.15) is 73.6 Å². The van der Waals surface area contributed by atoms with Gasteiger partial charge in [0.05, 0.1) is 0 Å². The Bertz CT molecular complexity index is 322. The van der Waals surface area contributed by atoms with Gasteiger partial charge in [-0.1, -0.05) is 41.5 Å². The van der Waals surface area contributed by atoms with Gasteiger partial charge in [-0.15, -0.1) is 0 Å². The first kappa shape index (κ1) is 17.3. The van der Waals surface area contributed by atoms with Gasteiger partial charge in [0.15, 0.2) is 0 Å². The van der Waals surface area contributed by atoms with Gasteiger partial charge in [0.25, 0.3) is 0 Å². The highest BCUT2D eigenvalue weighted by Gasteiger charge is 2.42. The van der Waals surface area contributed by atoms with Gasteiger partial charge in [-0.05, 0) is 49.9 Å². The molecule has 1 saturated heterocycles. The van der Waals surface area contributed by atoms with Crippen LogP contribution in [0.3, 0.4) is 0 Å². The monoisotopic (exact) mass is 294 g/mol. The molecule has 21 heavy (non-hydrogen) atoms. The number of hydrogen-bond donors (Lipinski definition) is 1. The number of nitrogens with one attached hydrogen (secondary N) is 1. The van der Waals surface area contributed by atoms with Crippen LogP contribution in [0.4, 0.5) is 0 Å². The van der Waals surface area contributed by atoms with E-state index in [-0.39, 0.29) is 0 Å². The standard InChI is InChI=1S/C19H38N2/c1-7-19(8-2)13-21(18(12-20-19)14(3)4)17-10-9-15(5)16(6)11-17/h14-18,20H,7-13H2,1-6H3. The van der Waals surface area contributed by atoms with Gasteiger partial charge in [-0.2, -0.15) is 0 Å². The van der Waals surface area contributed by atoms with Crippen LogP contribution in [0.15, 0.2) is 0 Å². The molecule has 0 bridgehead atoms. The van der Waals surface area contributed by atoms with Crippen molar-refractivity contribution in [3.63, 3.8) is 0 Å². The lowest BCUT2D eigenvalue weighted by atomic mass is 9.76. The van der Waals surface area contributed by atoms with Crippen molar-refractivity contribution in [1.29, 1.82) is 0 Å². The summed E-state index contributed by atoms with van der Waals surface area (Å²) in [4.78, 5) is 2.91. The molecule has 1 saturated carbocycles. The zero-order valence-corrected chi connectivity index (χ0v) is 15.3. The van der Waals surface area contributed by atoms with Crippen molar-refractivity contribution in [2.45, 2.75) is 91.3 Å². The fourth-order valence-electron chi connectivity index (χ4n) is 4.52. The number of nitrogens with zero attached hydrogens (tertiary/aromatic N) is 1. The molecule has 0 radical (unpaired) electrons. The smallest absolute Gasteiger partial charge is 0.0304 e. The van der Waals surface area contributed by atoms with Crippen LogP contribution in [0, 0.1) is 17.8 Å². The molecule has 2 aliphatic rings. The van der Waals surface area contributed by atoms with E-state index >= 15 is 0 Å². The molecule has 1 N–H and O–H groups in total. The summed E-state index contributed by atoms with van der Waals surface area (Å²) in [6.07, 6.45) is 6.75. The van der Waals surface area contributed by atoms with Crippen LogP contribution < -0.4 is 5.32 Å². The predicted molar refractivity (Wildman–Crippen MR) is 92.6 cm³/mol. The van der Waals surface area contributed by atoms with E-state index in [0.29, 0.717) is 5.54 Å². The highest BCUT2D eigenvalue weighted by molar-refractivity contribution is 5.00. The summed E-state index contributed by atoms with van der Waals surface area (Å²) in [7, 11) is 0. The molecular weight excluding hydrogens is 256 g/mol. The fourth-order valence-corrected chi connectivity index (χ4v) is 4.52. The average molecular weight is 295 g/mol. The zero-order valence-electron chi connectivity index (χ0n) is 15.3. The van der Waals surface area contributed by atoms with Gasteiger partial charge in [0, 0.05) is 30.7 Å². The van der Waals surface area contributed by atoms with Crippen LogP contribution in [-0.2, 0) is 0 Å². The molecule has 2 heteroatoms. The molecule has 1 aliphatic heterocycles. The van der Waals surface area contributed by atoms with E-state index in [1.807, 2.05) is 0 Å². The van der Waals surface area contributed by atoms with Crippen molar-refractivity contribution in [1.82, 2.24) is 10.2 Å². The third kappa shape index (κ3) is 3.64. The Labute approximate surface area is 133 Å². The SMILES string of the molecule is CCC1(CC)CN(C2CCC(C)C(C)C2)C(C(C)C)CN1. The Balaban J connectivity index is 2.14. The van der Waals surface area contributed by atoms with E-state index in [4.69, 9.17) is 0 Å². The van der Waals surface area contributed by atoms with Crippen LogP contribution in [0.5, 0.6) is 0 Å². The summed E-state index contributed by atoms with van der Waals surface area (Å²) in [5.41, 5.74) is 0.359. The largest absolute Gasteiger partial charge is 0.308 e. The predicted octanol–water partition coefficient (Wildman–Crippen LogP) is 4.30. The first-order chi connectivity index (χ1) is 9.92. The van der Waals surface area contributed by atoms with Gasteiger partial charge >= 0.3 is 0 Å². The van der Waals surface area contributed by atoms with Crippen molar-refractivity contribution < 1.29 is 0 Å². The number of rotatable bonds is 4. The van der Waals surface area contributed by atoms with Crippen molar-refractivity contribution in [2.24, 2.45) is 17.8 Å². The molecule has 0 aromatic rings. The van der Waals surface area contributed by atoms with Gasteiger partial charge < -0.3 is 5.32 Å². The second-order valence-corrected chi connectivity index (χ2v) is 8.27. The number of piperazine rings is 1. The first-order valence-corrected chi connectivity index (χ1v) is 9.43. The minimum atomic E-state index is 0.359. The van der Waals surface area contributed by atoms with Crippen LogP contribution in [0.25, 0.3) is 0 Å². The van der Waals surface area contributed by atoms with Crippen molar-refractivity contribution in [3.8, 4) is 0 Å². The Morgan fingerprint density at radius 3 is 2.29 bits per heavy atom. The fraction of sp³-hybridized carbons (Fsp3) is 1.00. The normalized spacial score (nSPS) is 37.9. The highest BCUT2D eigenvalue weighted by Crippen LogP contribution is 2.36. The molecule has 4 atom stereocenters. The minimum absolute atomic E-state index is 0.359. The highest BCUT2D eigenvalue weighted by atomic mass is 15.3. The second-order valence-electron chi connectivity index (χ2n) is 8.27. The van der Waals surface area contributed by atoms with E-state index in [9.17, 15) is 0 Å². The molecule has 2 fully saturated rings. The molecule has 2 nitrogen and oxygen atoms in total. The summed E-state index contributed by atoms with van der Waals surface area (Å²) in [5, 5.41) is 3.91. The zero-order chi connectivity index (χ0) is 15.6. The number of hydrogen-bond acceptors (Lipinski definition) is 2. The van der Waals surface area contributed by atoms with E-state index in [0.717, 1.165) is 29.8 Å². The Kier molecular flexibility index (Phi) is 5.76. The molecule has 124 valence electrons. The van der Waals surface area contributed by atoms with Crippen LogP contribution in [-0.4, -0.2) is 35.6 Å². The van der Waals surface area contributed by atoms with Crippen molar-refractivity contribution >= 4 is 0 Å². The molecule has 0 spiro atoms. The third-order valence-electron chi connectivity index (χ3n) is 6.76. The van der Waals surface area contributed by atoms with Crippen molar-refractivity contribution in [3.05, 3.63) is 0 Å². The van der Waals surface area contributed by atoms with E-state index < -0.39 is 0 Å². The summed E-state index contributed by atoms with van der Waals surface area (Å²) in [6.45, 7) is 16.9. The van der Waals surface area contributed by atoms with Gasteiger partial charge in [0.2, 0.25) is 0 Å². The summed E-state index contributed by atoms with van der Waals surface area (Å²) >= 11 is 0. The maximum atomic E-state index is 3.91. The quantitative estimate of drug-likeness (QED) is 0.831. The molecule has 0 amide bonds. The van der Waals surface area contributed by atoms with E-state index in [1.165, 1.54) is 45.2 Å². The summed E-state index contributed by atoms with van der Waals surface area (Å²) in [5.74, 6) is 2.56. The lowest BCUT2D eigenvalue weighted by molar-refractivity contribution is -0.00837. The third-order valence-corrected chi connectivity index (χ3v) is 6.76. The first-order valence-electron chi connectivity index (χ1n) is 9.43. The van der Waals surface area contributed by atoms with Gasteiger partial charge in [-0.25, -0.2) is 0 Å². The maximum absolute atomic E-state index is 3.91. The topological polar surface area (TPSA) is 15.3 Å².